The summed E-state index contributed by atoms with van der Waals surface area (Å²) in [5.41, 5.74) is 0.709. The molecule has 0 fully saturated rings. The van der Waals surface area contributed by atoms with Gasteiger partial charge in [-0.25, -0.2) is 0 Å². The Morgan fingerprint density at radius 1 is 1.41 bits per heavy atom. The van der Waals surface area contributed by atoms with Crippen molar-refractivity contribution in [1.29, 1.82) is 0 Å². The van der Waals surface area contributed by atoms with E-state index in [9.17, 15) is 4.79 Å². The average molecular weight is 372 g/mol. The van der Waals surface area contributed by atoms with Gasteiger partial charge in [-0.2, -0.15) is 0 Å². The fourth-order valence-corrected chi connectivity index (χ4v) is 3.39. The van der Waals surface area contributed by atoms with Crippen LogP contribution in [0.2, 0.25) is 10.0 Å². The maximum absolute atomic E-state index is 11.8. The number of halogens is 2. The minimum Gasteiger partial charge on any atom is -0.297 e. The van der Waals surface area contributed by atoms with Crippen LogP contribution in [0.1, 0.15) is 5.56 Å². The molecule has 2 rings (SSSR count). The number of aromatic nitrogens is 2. The zero-order chi connectivity index (χ0) is 15.9. The van der Waals surface area contributed by atoms with E-state index in [1.54, 1.807) is 30.4 Å². The van der Waals surface area contributed by atoms with Gasteiger partial charge in [-0.1, -0.05) is 58.4 Å². The molecule has 114 valence electrons. The number of hydrogen-bond donors (Lipinski definition) is 1. The standard InChI is InChI=1S/C14H11Cl2N3OS2/c1-2-7-21-14-19-18-13(22-14)17-12(20)6-4-9-3-5-10(15)8-11(9)16/h2-6,8H,1,7H2,(H,17,18,20)/b6-4+. The Balaban J connectivity index is 1.96. The van der Waals surface area contributed by atoms with Crippen LogP contribution in [0.5, 0.6) is 0 Å². The summed E-state index contributed by atoms with van der Waals surface area (Å²) in [6, 6.07) is 5.07. The third-order valence-corrected chi connectivity index (χ3v) is 4.87. The molecule has 0 bridgehead atoms. The van der Waals surface area contributed by atoms with Gasteiger partial charge in [0.05, 0.1) is 0 Å². The van der Waals surface area contributed by atoms with E-state index >= 15 is 0 Å². The van der Waals surface area contributed by atoms with Crippen LogP contribution < -0.4 is 5.32 Å². The van der Waals surface area contributed by atoms with E-state index in [4.69, 9.17) is 23.2 Å². The van der Waals surface area contributed by atoms with Crippen LogP contribution in [0.4, 0.5) is 5.13 Å². The van der Waals surface area contributed by atoms with Gasteiger partial charge in [-0.05, 0) is 23.8 Å². The molecule has 22 heavy (non-hydrogen) atoms. The topological polar surface area (TPSA) is 54.9 Å². The Morgan fingerprint density at radius 3 is 2.95 bits per heavy atom. The Labute approximate surface area is 146 Å². The van der Waals surface area contributed by atoms with Gasteiger partial charge in [-0.3, -0.25) is 10.1 Å². The predicted octanol–water partition coefficient (Wildman–Crippen LogP) is 4.77. The van der Waals surface area contributed by atoms with Gasteiger partial charge in [0.15, 0.2) is 4.34 Å². The maximum atomic E-state index is 11.8. The molecule has 0 atom stereocenters. The minimum absolute atomic E-state index is 0.303. The molecule has 1 heterocycles. The summed E-state index contributed by atoms with van der Waals surface area (Å²) in [4.78, 5) is 11.8. The van der Waals surface area contributed by atoms with E-state index in [0.29, 0.717) is 20.7 Å². The summed E-state index contributed by atoms with van der Waals surface area (Å²) in [6.07, 6.45) is 4.78. The molecule has 8 heteroatoms. The Bertz CT molecular complexity index is 716. The number of carbonyl (C=O) groups is 1. The van der Waals surface area contributed by atoms with Gasteiger partial charge < -0.3 is 0 Å². The summed E-state index contributed by atoms with van der Waals surface area (Å²) in [5.74, 6) is 0.444. The molecular formula is C14H11Cl2N3OS2. The second kappa shape index (κ2) is 8.33. The van der Waals surface area contributed by atoms with Crippen molar-refractivity contribution in [3.05, 3.63) is 52.5 Å². The van der Waals surface area contributed by atoms with Gasteiger partial charge in [0.25, 0.3) is 0 Å². The number of amides is 1. The van der Waals surface area contributed by atoms with Crippen molar-refractivity contribution in [2.45, 2.75) is 4.34 Å². The van der Waals surface area contributed by atoms with Crippen molar-refractivity contribution in [2.24, 2.45) is 0 Å². The second-order valence-electron chi connectivity index (χ2n) is 3.96. The molecular weight excluding hydrogens is 361 g/mol. The molecule has 1 aromatic carbocycles. The van der Waals surface area contributed by atoms with Crippen LogP contribution in [-0.4, -0.2) is 21.9 Å². The highest BCUT2D eigenvalue weighted by Gasteiger charge is 2.06. The molecule has 0 spiro atoms. The molecule has 1 N–H and O–H groups in total. The van der Waals surface area contributed by atoms with Crippen LogP contribution >= 0.6 is 46.3 Å². The molecule has 4 nitrogen and oxygen atoms in total. The van der Waals surface area contributed by atoms with Gasteiger partial charge in [0.2, 0.25) is 11.0 Å². The Morgan fingerprint density at radius 2 is 2.23 bits per heavy atom. The summed E-state index contributed by atoms with van der Waals surface area (Å²) < 4.78 is 0.778. The van der Waals surface area contributed by atoms with Gasteiger partial charge in [0, 0.05) is 21.9 Å². The first-order valence-electron chi connectivity index (χ1n) is 6.10. The van der Waals surface area contributed by atoms with Crippen molar-refractivity contribution in [1.82, 2.24) is 10.2 Å². The predicted molar refractivity (Wildman–Crippen MR) is 95.0 cm³/mol. The number of nitrogens with zero attached hydrogens (tertiary/aromatic N) is 2. The van der Waals surface area contributed by atoms with Crippen molar-refractivity contribution >= 4 is 63.4 Å². The highest BCUT2D eigenvalue weighted by atomic mass is 35.5. The molecule has 0 saturated carbocycles. The van der Waals surface area contributed by atoms with E-state index in [1.807, 2.05) is 0 Å². The average Bonchev–Trinajstić information content (AvgIpc) is 2.91. The largest absolute Gasteiger partial charge is 0.297 e. The quantitative estimate of drug-likeness (QED) is 0.343. The minimum atomic E-state index is -0.303. The number of carbonyl (C=O) groups excluding carboxylic acids is 1. The third-order valence-electron chi connectivity index (χ3n) is 2.34. The van der Waals surface area contributed by atoms with Gasteiger partial charge >= 0.3 is 0 Å². The lowest BCUT2D eigenvalue weighted by Gasteiger charge is -1.99. The molecule has 0 radical (unpaired) electrons. The Hall–Kier alpha value is -1.34. The summed E-state index contributed by atoms with van der Waals surface area (Å²) in [6.45, 7) is 3.63. The number of anilines is 1. The maximum Gasteiger partial charge on any atom is 0.250 e. The molecule has 1 aromatic heterocycles. The first kappa shape index (κ1) is 17.0. The molecule has 0 unspecified atom stereocenters. The smallest absolute Gasteiger partial charge is 0.250 e. The fourth-order valence-electron chi connectivity index (χ4n) is 1.40. The lowest BCUT2D eigenvalue weighted by atomic mass is 10.2. The first-order chi connectivity index (χ1) is 10.6. The zero-order valence-corrected chi connectivity index (χ0v) is 14.4. The molecule has 0 aliphatic heterocycles. The van der Waals surface area contributed by atoms with Crippen molar-refractivity contribution in [2.75, 3.05) is 11.1 Å². The van der Waals surface area contributed by atoms with Crippen LogP contribution in [-0.2, 0) is 4.79 Å². The Kier molecular flexibility index (Phi) is 6.45. The normalized spacial score (nSPS) is 10.8. The number of thioether (sulfide) groups is 1. The van der Waals surface area contributed by atoms with Crippen molar-refractivity contribution in [3.8, 4) is 0 Å². The van der Waals surface area contributed by atoms with Crippen LogP contribution in [0.3, 0.4) is 0 Å². The third kappa shape index (κ3) is 5.14. The lowest BCUT2D eigenvalue weighted by molar-refractivity contribution is -0.111. The molecule has 1 amide bonds. The second-order valence-corrected chi connectivity index (χ2v) is 7.05. The number of rotatable bonds is 6. The molecule has 0 aliphatic carbocycles. The number of hydrogen-bond acceptors (Lipinski definition) is 5. The van der Waals surface area contributed by atoms with Crippen molar-refractivity contribution < 1.29 is 4.79 Å². The molecule has 2 aromatic rings. The van der Waals surface area contributed by atoms with Gasteiger partial charge in [0.1, 0.15) is 0 Å². The summed E-state index contributed by atoms with van der Waals surface area (Å²) in [5, 5.41) is 12.0. The van der Waals surface area contributed by atoms with Crippen LogP contribution in [0.25, 0.3) is 6.08 Å². The number of benzene rings is 1. The van der Waals surface area contributed by atoms with E-state index in [0.717, 1.165) is 10.1 Å². The van der Waals surface area contributed by atoms with Crippen LogP contribution in [0, 0.1) is 0 Å². The monoisotopic (exact) mass is 371 g/mol. The van der Waals surface area contributed by atoms with Crippen LogP contribution in [0.15, 0.2) is 41.3 Å². The summed E-state index contributed by atoms with van der Waals surface area (Å²) >= 11 is 14.7. The highest BCUT2D eigenvalue weighted by molar-refractivity contribution is 8.01. The lowest BCUT2D eigenvalue weighted by Crippen LogP contribution is -2.07. The molecule has 0 aliphatic rings. The summed E-state index contributed by atoms with van der Waals surface area (Å²) in [7, 11) is 0. The highest BCUT2D eigenvalue weighted by Crippen LogP contribution is 2.25. The number of nitrogens with one attached hydrogen (secondary N) is 1. The van der Waals surface area contributed by atoms with E-state index in [2.05, 4.69) is 22.1 Å². The zero-order valence-electron chi connectivity index (χ0n) is 11.3. The van der Waals surface area contributed by atoms with E-state index in [-0.39, 0.29) is 5.91 Å². The van der Waals surface area contributed by atoms with E-state index in [1.165, 1.54) is 29.2 Å². The molecule has 0 saturated heterocycles. The van der Waals surface area contributed by atoms with Gasteiger partial charge in [-0.15, -0.1) is 16.8 Å². The van der Waals surface area contributed by atoms with E-state index < -0.39 is 0 Å². The SMILES string of the molecule is C=CCSc1nnc(NC(=O)/C=C/c2ccc(Cl)cc2Cl)s1. The fraction of sp³-hybridized carbons (Fsp3) is 0.0714. The first-order valence-corrected chi connectivity index (χ1v) is 8.65. The van der Waals surface area contributed by atoms with Crippen molar-refractivity contribution in [3.63, 3.8) is 0 Å².